The van der Waals surface area contributed by atoms with Crippen molar-refractivity contribution in [1.29, 1.82) is 0 Å². The second-order valence-electron chi connectivity index (χ2n) is 5.82. The number of H-pyrrole nitrogens is 1. The highest BCUT2D eigenvalue weighted by Gasteiger charge is 2.12. The van der Waals surface area contributed by atoms with E-state index in [4.69, 9.17) is 0 Å². The van der Waals surface area contributed by atoms with Gasteiger partial charge < -0.3 is 0 Å². The molecule has 0 spiro atoms. The van der Waals surface area contributed by atoms with Gasteiger partial charge in [-0.05, 0) is 23.5 Å². The van der Waals surface area contributed by atoms with E-state index in [1.54, 1.807) is 13.1 Å². The molecule has 0 aliphatic carbocycles. The first-order valence-corrected chi connectivity index (χ1v) is 6.69. The van der Waals surface area contributed by atoms with E-state index in [0.717, 1.165) is 5.56 Å². The first-order valence-electron chi connectivity index (χ1n) is 6.69. The van der Waals surface area contributed by atoms with Gasteiger partial charge in [0.15, 0.2) is 5.82 Å². The summed E-state index contributed by atoms with van der Waals surface area (Å²) in [5, 5.41) is 10.1. The molecule has 0 atom stereocenters. The van der Waals surface area contributed by atoms with Crippen LogP contribution in [-0.2, 0) is 5.41 Å². The number of hydrogen-bond donors (Lipinski definition) is 2. The van der Waals surface area contributed by atoms with Crippen LogP contribution in [0, 0.1) is 6.92 Å². The summed E-state index contributed by atoms with van der Waals surface area (Å²) < 4.78 is 0. The Morgan fingerprint density at radius 2 is 1.90 bits per heavy atom. The van der Waals surface area contributed by atoms with Crippen molar-refractivity contribution in [3.8, 4) is 0 Å². The molecule has 0 radical (unpaired) electrons. The van der Waals surface area contributed by atoms with Crippen LogP contribution >= 0.6 is 0 Å². The lowest BCUT2D eigenvalue weighted by Crippen LogP contribution is -2.15. The number of hydrazone groups is 1. The molecule has 1 heterocycles. The van der Waals surface area contributed by atoms with Crippen molar-refractivity contribution in [2.24, 2.45) is 5.10 Å². The Kier molecular flexibility index (Phi) is 4.16. The Balaban J connectivity index is 2.08. The highest BCUT2D eigenvalue weighted by Crippen LogP contribution is 2.21. The zero-order chi connectivity index (χ0) is 15.5. The van der Waals surface area contributed by atoms with Crippen molar-refractivity contribution in [3.63, 3.8) is 0 Å². The van der Waals surface area contributed by atoms with Crippen molar-refractivity contribution in [2.75, 3.05) is 5.43 Å². The fourth-order valence-corrected chi connectivity index (χ4v) is 1.74. The maximum Gasteiger partial charge on any atom is 0.363 e. The zero-order valence-corrected chi connectivity index (χ0v) is 12.6. The van der Waals surface area contributed by atoms with Gasteiger partial charge in [0, 0.05) is 0 Å². The molecule has 2 N–H and O–H groups in total. The quantitative estimate of drug-likeness (QED) is 0.669. The molecule has 6 heteroatoms. The van der Waals surface area contributed by atoms with E-state index < -0.39 is 5.69 Å². The number of nitrogens with zero attached hydrogens (tertiary/aromatic N) is 3. The van der Waals surface area contributed by atoms with Gasteiger partial charge in [0.2, 0.25) is 0 Å². The van der Waals surface area contributed by atoms with Crippen molar-refractivity contribution < 1.29 is 0 Å². The molecule has 0 bridgehead atoms. The van der Waals surface area contributed by atoms with Crippen LogP contribution < -0.4 is 11.1 Å². The van der Waals surface area contributed by atoms with E-state index >= 15 is 0 Å². The highest BCUT2D eigenvalue weighted by molar-refractivity contribution is 5.80. The number of anilines is 1. The summed E-state index contributed by atoms with van der Waals surface area (Å²) in [6.07, 6.45) is 1.68. The second kappa shape index (κ2) is 5.87. The van der Waals surface area contributed by atoms with E-state index in [2.05, 4.69) is 58.6 Å². The monoisotopic (exact) mass is 285 g/mol. The Morgan fingerprint density at radius 3 is 2.52 bits per heavy atom. The zero-order valence-electron chi connectivity index (χ0n) is 12.6. The van der Waals surface area contributed by atoms with Crippen LogP contribution in [0.5, 0.6) is 0 Å². The summed E-state index contributed by atoms with van der Waals surface area (Å²) in [5.41, 5.74) is 5.16. The average molecular weight is 285 g/mol. The van der Waals surface area contributed by atoms with Crippen molar-refractivity contribution in [3.05, 3.63) is 51.6 Å². The molecule has 1 aromatic carbocycles. The predicted octanol–water partition coefficient (Wildman–Crippen LogP) is 2.22. The molecule has 1 aromatic heterocycles. The summed E-state index contributed by atoms with van der Waals surface area (Å²) in [6, 6.07) is 8.17. The van der Waals surface area contributed by atoms with Gasteiger partial charge in [-0.15, -0.1) is 0 Å². The predicted molar refractivity (Wildman–Crippen MR) is 83.7 cm³/mol. The summed E-state index contributed by atoms with van der Waals surface area (Å²) >= 11 is 0. The van der Waals surface area contributed by atoms with Gasteiger partial charge in [0.05, 0.1) is 6.21 Å². The van der Waals surface area contributed by atoms with Crippen LogP contribution in [0.1, 0.15) is 37.6 Å². The third-order valence-electron chi connectivity index (χ3n) is 3.04. The minimum absolute atomic E-state index is 0.131. The maximum absolute atomic E-state index is 11.1. The van der Waals surface area contributed by atoms with Crippen LogP contribution in [0.4, 0.5) is 5.82 Å². The van der Waals surface area contributed by atoms with Gasteiger partial charge in [-0.25, -0.2) is 9.89 Å². The molecule has 110 valence electrons. The van der Waals surface area contributed by atoms with E-state index in [1.807, 2.05) is 12.1 Å². The summed E-state index contributed by atoms with van der Waals surface area (Å²) in [4.78, 5) is 14.8. The standard InChI is InChI=1S/C15H19N5O/c1-10-13(17-14(21)20-18-10)19-16-9-11-5-7-12(8-6-11)15(2,3)4/h5-9H,1-4H3,(H2,17,19,20,21). The molecule has 0 aliphatic rings. The van der Waals surface area contributed by atoms with Crippen LogP contribution in [0.3, 0.4) is 0 Å². The minimum Gasteiger partial charge on any atom is -0.260 e. The fourth-order valence-electron chi connectivity index (χ4n) is 1.74. The molecule has 2 aromatic rings. The number of nitrogens with one attached hydrogen (secondary N) is 2. The van der Waals surface area contributed by atoms with Crippen molar-refractivity contribution in [1.82, 2.24) is 15.2 Å². The molecule has 0 unspecified atom stereocenters. The Labute approximate surface area is 123 Å². The summed E-state index contributed by atoms with van der Waals surface area (Å²) in [5.74, 6) is 0.348. The first-order chi connectivity index (χ1) is 9.86. The molecular formula is C15H19N5O. The van der Waals surface area contributed by atoms with Crippen LogP contribution in [0.2, 0.25) is 0 Å². The van der Waals surface area contributed by atoms with E-state index in [1.165, 1.54) is 5.56 Å². The maximum atomic E-state index is 11.1. The smallest absolute Gasteiger partial charge is 0.260 e. The number of rotatable bonds is 3. The molecule has 0 saturated heterocycles. The van der Waals surface area contributed by atoms with Crippen molar-refractivity contribution >= 4 is 12.0 Å². The average Bonchev–Trinajstić information content (AvgIpc) is 2.42. The Morgan fingerprint density at radius 1 is 1.24 bits per heavy atom. The van der Waals surface area contributed by atoms with Gasteiger partial charge in [-0.2, -0.15) is 15.2 Å². The lowest BCUT2D eigenvalue weighted by Gasteiger charge is -2.18. The summed E-state index contributed by atoms with van der Waals surface area (Å²) in [7, 11) is 0. The number of hydrogen-bond acceptors (Lipinski definition) is 5. The summed E-state index contributed by atoms with van der Waals surface area (Å²) in [6.45, 7) is 8.25. The third-order valence-corrected chi connectivity index (χ3v) is 3.04. The largest absolute Gasteiger partial charge is 0.363 e. The highest BCUT2D eigenvalue weighted by atomic mass is 16.1. The third kappa shape index (κ3) is 3.98. The SMILES string of the molecule is Cc1n[nH]c(=O)nc1NN=Cc1ccc(C(C)(C)C)cc1. The number of aromatic nitrogens is 3. The van der Waals surface area contributed by atoms with Gasteiger partial charge in [0.1, 0.15) is 5.69 Å². The van der Waals surface area contributed by atoms with Crippen LogP contribution in [0.15, 0.2) is 34.2 Å². The van der Waals surface area contributed by atoms with E-state index in [0.29, 0.717) is 11.5 Å². The molecule has 0 fully saturated rings. The van der Waals surface area contributed by atoms with Crippen LogP contribution in [0.25, 0.3) is 0 Å². The molecule has 0 aliphatic heterocycles. The van der Waals surface area contributed by atoms with Gasteiger partial charge in [0.25, 0.3) is 0 Å². The molecular weight excluding hydrogens is 266 g/mol. The van der Waals surface area contributed by atoms with Crippen LogP contribution in [-0.4, -0.2) is 21.4 Å². The van der Waals surface area contributed by atoms with E-state index in [-0.39, 0.29) is 5.41 Å². The molecule has 0 saturated carbocycles. The van der Waals surface area contributed by atoms with Crippen molar-refractivity contribution in [2.45, 2.75) is 33.1 Å². The van der Waals surface area contributed by atoms with Gasteiger partial charge in [-0.1, -0.05) is 45.0 Å². The fraction of sp³-hybridized carbons (Fsp3) is 0.333. The first kappa shape index (κ1) is 14.9. The number of aryl methyl sites for hydroxylation is 1. The Hall–Kier alpha value is -2.50. The normalized spacial score (nSPS) is 11.8. The number of aromatic amines is 1. The van der Waals surface area contributed by atoms with E-state index in [9.17, 15) is 4.79 Å². The topological polar surface area (TPSA) is 83.0 Å². The minimum atomic E-state index is -0.507. The Bertz CT molecular complexity index is 695. The van der Waals surface area contributed by atoms with Gasteiger partial charge in [-0.3, -0.25) is 5.43 Å². The van der Waals surface area contributed by atoms with Gasteiger partial charge >= 0.3 is 5.69 Å². The molecule has 21 heavy (non-hydrogen) atoms. The molecule has 0 amide bonds. The lowest BCUT2D eigenvalue weighted by atomic mass is 9.87. The lowest BCUT2D eigenvalue weighted by molar-refractivity contribution is 0.590. The second-order valence-corrected chi connectivity index (χ2v) is 5.82. The molecule has 6 nitrogen and oxygen atoms in total. The molecule has 2 rings (SSSR count). The number of benzene rings is 1.